The third-order valence-electron chi connectivity index (χ3n) is 4.78. The van der Waals surface area contributed by atoms with Crippen molar-refractivity contribution in [3.8, 4) is 5.75 Å². The summed E-state index contributed by atoms with van der Waals surface area (Å²) in [5.41, 5.74) is -0.231. The van der Waals surface area contributed by atoms with Gasteiger partial charge in [0, 0.05) is 19.4 Å². The van der Waals surface area contributed by atoms with E-state index in [4.69, 9.17) is 4.74 Å². The lowest BCUT2D eigenvalue weighted by atomic mass is 9.94. The number of aliphatic carboxylic acids is 1. The number of nitrogens with zero attached hydrogens (tertiary/aromatic N) is 1. The first-order chi connectivity index (χ1) is 11.4. The van der Waals surface area contributed by atoms with Crippen molar-refractivity contribution in [1.29, 1.82) is 0 Å². The molecule has 24 heavy (non-hydrogen) atoms. The third-order valence-corrected chi connectivity index (χ3v) is 4.78. The minimum atomic E-state index is -1.03. The van der Waals surface area contributed by atoms with Crippen molar-refractivity contribution in [2.24, 2.45) is 0 Å². The van der Waals surface area contributed by atoms with Gasteiger partial charge in [0.25, 0.3) is 5.91 Å². The van der Waals surface area contributed by atoms with Gasteiger partial charge < -0.3 is 20.1 Å². The van der Waals surface area contributed by atoms with Crippen LogP contribution in [-0.4, -0.2) is 52.5 Å². The van der Waals surface area contributed by atoms with Crippen LogP contribution in [0.15, 0.2) is 24.3 Å². The Morgan fingerprint density at radius 2 is 2.08 bits per heavy atom. The van der Waals surface area contributed by atoms with Gasteiger partial charge in [0.15, 0.2) is 0 Å². The molecule has 7 heteroatoms. The highest BCUT2D eigenvalue weighted by atomic mass is 16.5. The highest BCUT2D eigenvalue weighted by Crippen LogP contribution is 2.33. The highest BCUT2D eigenvalue weighted by Gasteiger charge is 2.41. The number of carboxylic acids is 1. The third kappa shape index (κ3) is 2.93. The summed E-state index contributed by atoms with van der Waals surface area (Å²) >= 11 is 0. The normalized spacial score (nSPS) is 25.1. The number of rotatable bonds is 2. The second-order valence-electron chi connectivity index (χ2n) is 6.32. The van der Waals surface area contributed by atoms with Crippen LogP contribution in [0.2, 0.25) is 0 Å². The predicted molar refractivity (Wildman–Crippen MR) is 84.8 cm³/mol. The Balaban J connectivity index is 1.86. The van der Waals surface area contributed by atoms with Gasteiger partial charge in [-0.2, -0.15) is 0 Å². The first-order valence-electron chi connectivity index (χ1n) is 8.00. The average Bonchev–Trinajstić information content (AvgIpc) is 2.81. The van der Waals surface area contributed by atoms with Crippen molar-refractivity contribution in [3.63, 3.8) is 0 Å². The Morgan fingerprint density at radius 1 is 1.33 bits per heavy atom. The molecule has 7 nitrogen and oxygen atoms in total. The van der Waals surface area contributed by atoms with Gasteiger partial charge in [-0.1, -0.05) is 12.1 Å². The van der Waals surface area contributed by atoms with E-state index in [1.165, 1.54) is 11.8 Å². The molecule has 1 fully saturated rings. The van der Waals surface area contributed by atoms with Crippen LogP contribution in [0.25, 0.3) is 0 Å². The van der Waals surface area contributed by atoms with E-state index in [2.05, 4.69) is 5.32 Å². The second kappa shape index (κ2) is 6.14. The maximum absolute atomic E-state index is 12.3. The molecule has 2 aliphatic rings. The van der Waals surface area contributed by atoms with E-state index in [1.807, 2.05) is 0 Å². The number of ether oxygens (including phenoxy) is 1. The van der Waals surface area contributed by atoms with E-state index in [1.54, 1.807) is 24.3 Å². The van der Waals surface area contributed by atoms with E-state index in [0.717, 1.165) is 0 Å². The van der Waals surface area contributed by atoms with Crippen LogP contribution in [-0.2, 0) is 9.59 Å². The first-order valence-corrected chi connectivity index (χ1v) is 8.00. The van der Waals surface area contributed by atoms with Gasteiger partial charge in [-0.15, -0.1) is 0 Å². The van der Waals surface area contributed by atoms with Crippen molar-refractivity contribution in [3.05, 3.63) is 29.8 Å². The average molecular weight is 332 g/mol. The molecule has 0 saturated carbocycles. The number of hydrogen-bond donors (Lipinski definition) is 2. The first kappa shape index (κ1) is 16.3. The van der Waals surface area contributed by atoms with Crippen molar-refractivity contribution in [1.82, 2.24) is 10.2 Å². The summed E-state index contributed by atoms with van der Waals surface area (Å²) in [7, 11) is 0. The molecule has 1 aromatic rings. The van der Waals surface area contributed by atoms with Crippen LogP contribution in [0.4, 0.5) is 0 Å². The molecule has 0 aromatic heterocycles. The molecule has 1 aromatic carbocycles. The molecule has 0 aliphatic carbocycles. The molecule has 0 bridgehead atoms. The molecule has 2 aliphatic heterocycles. The topological polar surface area (TPSA) is 95.9 Å². The Morgan fingerprint density at radius 3 is 2.83 bits per heavy atom. The Kier molecular flexibility index (Phi) is 4.17. The fraction of sp³-hybridized carbons (Fsp3) is 0.471. The number of benzene rings is 1. The predicted octanol–water partition coefficient (Wildman–Crippen LogP) is 1.03. The largest absolute Gasteiger partial charge is 0.485 e. The monoisotopic (exact) mass is 332 g/mol. The molecule has 2 amide bonds. The molecule has 2 heterocycles. The zero-order valence-corrected chi connectivity index (χ0v) is 13.4. The molecular weight excluding hydrogens is 312 g/mol. The van der Waals surface area contributed by atoms with Crippen molar-refractivity contribution < 1.29 is 24.2 Å². The number of carboxylic acid groups (broad SMARTS) is 1. The summed E-state index contributed by atoms with van der Waals surface area (Å²) < 4.78 is 6.16. The quantitative estimate of drug-likeness (QED) is 0.843. The van der Waals surface area contributed by atoms with E-state index >= 15 is 0 Å². The van der Waals surface area contributed by atoms with Gasteiger partial charge in [0.05, 0.1) is 12.1 Å². The van der Waals surface area contributed by atoms with Gasteiger partial charge in [0.1, 0.15) is 17.4 Å². The molecular formula is C17H20N2O5. The number of nitrogens with one attached hydrogen (secondary N) is 1. The van der Waals surface area contributed by atoms with Gasteiger partial charge in [-0.3, -0.25) is 9.59 Å². The summed E-state index contributed by atoms with van der Waals surface area (Å²) in [6.07, 6.45) is 1.09. The lowest BCUT2D eigenvalue weighted by Crippen LogP contribution is -2.47. The van der Waals surface area contributed by atoms with Gasteiger partial charge in [-0.05, 0) is 25.5 Å². The van der Waals surface area contributed by atoms with Crippen LogP contribution in [0.1, 0.15) is 36.5 Å². The fourth-order valence-corrected chi connectivity index (χ4v) is 3.22. The van der Waals surface area contributed by atoms with Gasteiger partial charge in [0.2, 0.25) is 5.91 Å². The number of para-hydroxylation sites is 1. The van der Waals surface area contributed by atoms with E-state index < -0.39 is 17.6 Å². The van der Waals surface area contributed by atoms with Crippen LogP contribution in [0.5, 0.6) is 5.75 Å². The van der Waals surface area contributed by atoms with Crippen molar-refractivity contribution in [2.75, 3.05) is 13.1 Å². The Labute approximate surface area is 139 Å². The molecule has 3 rings (SSSR count). The number of carbonyl (C=O) groups is 3. The van der Waals surface area contributed by atoms with E-state index in [0.29, 0.717) is 30.7 Å². The molecule has 0 unspecified atom stereocenters. The number of likely N-dealkylation sites (tertiary alicyclic amines) is 1. The maximum Gasteiger partial charge on any atom is 0.326 e. The van der Waals surface area contributed by atoms with E-state index in [-0.39, 0.29) is 24.8 Å². The number of amides is 2. The molecule has 1 spiro atoms. The summed E-state index contributed by atoms with van der Waals surface area (Å²) in [4.78, 5) is 37.1. The van der Waals surface area contributed by atoms with E-state index in [9.17, 15) is 19.5 Å². The van der Waals surface area contributed by atoms with Crippen molar-refractivity contribution in [2.45, 2.75) is 37.8 Å². The minimum Gasteiger partial charge on any atom is -0.485 e. The Bertz CT molecular complexity index is 689. The van der Waals surface area contributed by atoms with Crippen LogP contribution in [0, 0.1) is 0 Å². The van der Waals surface area contributed by atoms with Gasteiger partial charge >= 0.3 is 5.97 Å². The fourth-order valence-electron chi connectivity index (χ4n) is 3.22. The molecule has 2 atom stereocenters. The summed E-state index contributed by atoms with van der Waals surface area (Å²) in [6, 6.07) is 6.13. The zero-order chi connectivity index (χ0) is 17.3. The summed E-state index contributed by atoms with van der Waals surface area (Å²) in [6.45, 7) is 2.08. The smallest absolute Gasteiger partial charge is 0.326 e. The molecule has 1 saturated heterocycles. The molecule has 0 radical (unpaired) electrons. The van der Waals surface area contributed by atoms with Crippen LogP contribution in [0.3, 0.4) is 0 Å². The van der Waals surface area contributed by atoms with Crippen LogP contribution >= 0.6 is 0 Å². The van der Waals surface area contributed by atoms with Gasteiger partial charge in [-0.25, -0.2) is 4.79 Å². The lowest BCUT2D eigenvalue weighted by Gasteiger charge is -2.32. The number of carbonyl (C=O) groups excluding carboxylic acids is 2. The number of hydrogen-bond acceptors (Lipinski definition) is 4. The maximum atomic E-state index is 12.3. The standard InChI is InChI=1S/C17H20N2O5/c1-11(16(22)23)19-9-8-17(7-6-14(19)20)10-18-15(21)12-4-2-3-5-13(12)24-17/h2-5,11H,6-10H2,1H3,(H,18,21)(H,22,23)/t11-,17+/m1/s1. The molecule has 2 N–H and O–H groups in total. The number of fused-ring (bicyclic) bond motifs is 1. The minimum absolute atomic E-state index is 0.190. The highest BCUT2D eigenvalue weighted by molar-refractivity contribution is 5.97. The lowest BCUT2D eigenvalue weighted by molar-refractivity contribution is -0.149. The Hall–Kier alpha value is -2.57. The van der Waals surface area contributed by atoms with Crippen LogP contribution < -0.4 is 10.1 Å². The summed E-state index contributed by atoms with van der Waals surface area (Å²) in [5, 5.41) is 12.0. The molecule has 128 valence electrons. The second-order valence-corrected chi connectivity index (χ2v) is 6.32. The SMILES string of the molecule is C[C@H](C(=O)O)N1CC[C@@]2(CCC1=O)CNC(=O)c1ccccc1O2. The summed E-state index contributed by atoms with van der Waals surface area (Å²) in [5.74, 6) is -0.928. The zero-order valence-electron chi connectivity index (χ0n) is 13.4. The van der Waals surface area contributed by atoms with Crippen molar-refractivity contribution >= 4 is 17.8 Å².